The van der Waals surface area contributed by atoms with Crippen LogP contribution in [0, 0.1) is 5.82 Å². The maximum absolute atomic E-state index is 12.5. The maximum atomic E-state index is 12.5. The van der Waals surface area contributed by atoms with Crippen molar-refractivity contribution in [2.24, 2.45) is 0 Å². The normalized spacial score (nSPS) is 10.3. The number of nitrogens with one attached hydrogen (secondary N) is 1. The van der Waals surface area contributed by atoms with Crippen molar-refractivity contribution in [3.63, 3.8) is 0 Å². The predicted molar refractivity (Wildman–Crippen MR) is 57.5 cm³/mol. The van der Waals surface area contributed by atoms with E-state index in [1.807, 2.05) is 7.05 Å². The van der Waals surface area contributed by atoms with Crippen LogP contribution in [-0.4, -0.2) is 25.2 Å². The summed E-state index contributed by atoms with van der Waals surface area (Å²) in [6, 6.07) is 2.90. The van der Waals surface area contributed by atoms with Gasteiger partial charge < -0.3 is 10.1 Å². The van der Waals surface area contributed by atoms with Crippen LogP contribution in [0.2, 0.25) is 0 Å². The SMILES string of the molecule is CNCCCCCOc1ccc(F)cn1. The molecule has 84 valence electrons. The molecule has 0 aromatic carbocycles. The Hall–Kier alpha value is -1.16. The van der Waals surface area contributed by atoms with E-state index in [1.54, 1.807) is 6.07 Å². The highest BCUT2D eigenvalue weighted by molar-refractivity contribution is 5.10. The quantitative estimate of drug-likeness (QED) is 0.702. The van der Waals surface area contributed by atoms with Crippen molar-refractivity contribution in [1.82, 2.24) is 10.3 Å². The number of aromatic nitrogens is 1. The second-order valence-corrected chi connectivity index (χ2v) is 3.33. The number of halogens is 1. The lowest BCUT2D eigenvalue weighted by atomic mass is 10.2. The van der Waals surface area contributed by atoms with Gasteiger partial charge in [0.1, 0.15) is 5.82 Å². The summed E-state index contributed by atoms with van der Waals surface area (Å²) >= 11 is 0. The maximum Gasteiger partial charge on any atom is 0.213 e. The molecule has 1 heterocycles. The summed E-state index contributed by atoms with van der Waals surface area (Å²) in [5.74, 6) is 0.154. The summed E-state index contributed by atoms with van der Waals surface area (Å²) in [5.41, 5.74) is 0. The second kappa shape index (κ2) is 7.17. The highest BCUT2D eigenvalue weighted by atomic mass is 19.1. The van der Waals surface area contributed by atoms with E-state index in [-0.39, 0.29) is 5.82 Å². The van der Waals surface area contributed by atoms with E-state index < -0.39 is 0 Å². The molecule has 15 heavy (non-hydrogen) atoms. The summed E-state index contributed by atoms with van der Waals surface area (Å²) in [6.07, 6.45) is 4.44. The van der Waals surface area contributed by atoms with Crippen LogP contribution in [0.15, 0.2) is 18.3 Å². The van der Waals surface area contributed by atoms with Crippen molar-refractivity contribution in [2.45, 2.75) is 19.3 Å². The van der Waals surface area contributed by atoms with Crippen LogP contribution in [0.1, 0.15) is 19.3 Å². The number of hydrogen-bond donors (Lipinski definition) is 1. The molecule has 1 rings (SSSR count). The average molecular weight is 212 g/mol. The van der Waals surface area contributed by atoms with Crippen LogP contribution in [0.25, 0.3) is 0 Å². The molecular formula is C11H17FN2O. The Morgan fingerprint density at radius 3 is 2.87 bits per heavy atom. The Morgan fingerprint density at radius 1 is 1.33 bits per heavy atom. The minimum absolute atomic E-state index is 0.337. The van der Waals surface area contributed by atoms with Gasteiger partial charge in [-0.05, 0) is 38.9 Å². The summed E-state index contributed by atoms with van der Waals surface area (Å²) < 4.78 is 17.8. The molecule has 0 bridgehead atoms. The Morgan fingerprint density at radius 2 is 2.20 bits per heavy atom. The number of pyridine rings is 1. The fraction of sp³-hybridized carbons (Fsp3) is 0.545. The number of ether oxygens (including phenoxy) is 1. The molecule has 0 atom stereocenters. The van der Waals surface area contributed by atoms with Gasteiger partial charge in [0, 0.05) is 6.07 Å². The number of nitrogens with zero attached hydrogens (tertiary/aromatic N) is 1. The Kier molecular flexibility index (Phi) is 5.70. The molecule has 0 saturated carbocycles. The van der Waals surface area contributed by atoms with Gasteiger partial charge in [0.25, 0.3) is 0 Å². The van der Waals surface area contributed by atoms with Crippen LogP contribution in [-0.2, 0) is 0 Å². The van der Waals surface area contributed by atoms with Gasteiger partial charge >= 0.3 is 0 Å². The molecule has 1 aromatic rings. The number of hydrogen-bond acceptors (Lipinski definition) is 3. The van der Waals surface area contributed by atoms with Crippen molar-refractivity contribution in [3.05, 3.63) is 24.1 Å². The molecular weight excluding hydrogens is 195 g/mol. The van der Waals surface area contributed by atoms with E-state index in [9.17, 15) is 4.39 Å². The average Bonchev–Trinajstić information content (AvgIpc) is 2.26. The minimum Gasteiger partial charge on any atom is -0.478 e. The molecule has 3 nitrogen and oxygen atoms in total. The van der Waals surface area contributed by atoms with E-state index in [2.05, 4.69) is 10.3 Å². The van der Waals surface area contributed by atoms with Gasteiger partial charge in [0.2, 0.25) is 5.88 Å². The van der Waals surface area contributed by atoms with E-state index >= 15 is 0 Å². The van der Waals surface area contributed by atoms with Crippen molar-refractivity contribution < 1.29 is 9.13 Å². The third-order valence-corrected chi connectivity index (χ3v) is 2.02. The molecule has 0 aliphatic rings. The fourth-order valence-electron chi connectivity index (χ4n) is 1.20. The van der Waals surface area contributed by atoms with Gasteiger partial charge in [-0.15, -0.1) is 0 Å². The molecule has 0 saturated heterocycles. The number of unbranched alkanes of at least 4 members (excludes halogenated alkanes) is 2. The van der Waals surface area contributed by atoms with Gasteiger partial charge in [-0.3, -0.25) is 0 Å². The van der Waals surface area contributed by atoms with Gasteiger partial charge in [-0.2, -0.15) is 0 Å². The Bertz CT molecular complexity index is 264. The highest BCUT2D eigenvalue weighted by Crippen LogP contribution is 2.07. The molecule has 0 unspecified atom stereocenters. The lowest BCUT2D eigenvalue weighted by Gasteiger charge is -2.04. The van der Waals surface area contributed by atoms with Crippen LogP contribution >= 0.6 is 0 Å². The van der Waals surface area contributed by atoms with Crippen molar-refractivity contribution >= 4 is 0 Å². The standard InChI is InChI=1S/C11H17FN2O/c1-13-7-3-2-4-8-15-11-6-5-10(12)9-14-11/h5-6,9,13H,2-4,7-8H2,1H3. The first-order valence-corrected chi connectivity index (χ1v) is 5.22. The molecule has 0 amide bonds. The fourth-order valence-corrected chi connectivity index (χ4v) is 1.20. The predicted octanol–water partition coefficient (Wildman–Crippen LogP) is 1.99. The molecule has 4 heteroatoms. The van der Waals surface area contributed by atoms with E-state index in [4.69, 9.17) is 4.74 Å². The van der Waals surface area contributed by atoms with Gasteiger partial charge in [0.15, 0.2) is 0 Å². The summed E-state index contributed by atoms with van der Waals surface area (Å²) in [4.78, 5) is 3.80. The van der Waals surface area contributed by atoms with Crippen LogP contribution < -0.4 is 10.1 Å². The van der Waals surface area contributed by atoms with E-state index in [0.29, 0.717) is 12.5 Å². The molecule has 1 N–H and O–H groups in total. The molecule has 0 radical (unpaired) electrons. The van der Waals surface area contributed by atoms with Gasteiger partial charge in [0.05, 0.1) is 12.8 Å². The molecule has 0 spiro atoms. The first-order chi connectivity index (χ1) is 7.33. The van der Waals surface area contributed by atoms with Crippen molar-refractivity contribution in [1.29, 1.82) is 0 Å². The van der Waals surface area contributed by atoms with Crippen molar-refractivity contribution in [3.8, 4) is 5.88 Å². The van der Waals surface area contributed by atoms with Gasteiger partial charge in [-0.1, -0.05) is 0 Å². The zero-order valence-electron chi connectivity index (χ0n) is 9.00. The van der Waals surface area contributed by atoms with Crippen LogP contribution in [0.4, 0.5) is 4.39 Å². The molecule has 1 aromatic heterocycles. The summed E-state index contributed by atoms with van der Waals surface area (Å²) in [5, 5.41) is 3.09. The highest BCUT2D eigenvalue weighted by Gasteiger charge is 1.95. The molecule has 0 aliphatic heterocycles. The smallest absolute Gasteiger partial charge is 0.213 e. The third kappa shape index (κ3) is 5.32. The largest absolute Gasteiger partial charge is 0.478 e. The van der Waals surface area contributed by atoms with Crippen LogP contribution in [0.5, 0.6) is 5.88 Å². The minimum atomic E-state index is -0.337. The first kappa shape index (κ1) is 11.9. The second-order valence-electron chi connectivity index (χ2n) is 3.33. The Labute approximate surface area is 89.7 Å². The van der Waals surface area contributed by atoms with Crippen LogP contribution in [0.3, 0.4) is 0 Å². The van der Waals surface area contributed by atoms with Gasteiger partial charge in [-0.25, -0.2) is 9.37 Å². The zero-order valence-corrected chi connectivity index (χ0v) is 9.00. The lowest BCUT2D eigenvalue weighted by Crippen LogP contribution is -2.08. The van der Waals surface area contributed by atoms with E-state index in [1.165, 1.54) is 6.07 Å². The molecule has 0 fully saturated rings. The summed E-state index contributed by atoms with van der Waals surface area (Å²) in [6.45, 7) is 1.68. The third-order valence-electron chi connectivity index (χ3n) is 2.02. The van der Waals surface area contributed by atoms with Crippen molar-refractivity contribution in [2.75, 3.05) is 20.2 Å². The van der Waals surface area contributed by atoms with E-state index in [0.717, 1.165) is 32.0 Å². The number of rotatable bonds is 7. The summed E-state index contributed by atoms with van der Waals surface area (Å²) in [7, 11) is 1.94. The molecule has 0 aliphatic carbocycles. The monoisotopic (exact) mass is 212 g/mol. The first-order valence-electron chi connectivity index (χ1n) is 5.22. The topological polar surface area (TPSA) is 34.1 Å². The lowest BCUT2D eigenvalue weighted by molar-refractivity contribution is 0.293. The zero-order chi connectivity index (χ0) is 10.9. The Balaban J connectivity index is 2.07.